The third-order valence-corrected chi connectivity index (χ3v) is 7.76. The van der Waals surface area contributed by atoms with E-state index in [1.54, 1.807) is 0 Å². The van der Waals surface area contributed by atoms with Gasteiger partial charge in [0.25, 0.3) is 0 Å². The van der Waals surface area contributed by atoms with Crippen molar-refractivity contribution >= 4 is 17.9 Å². The molecule has 30 heavy (non-hydrogen) atoms. The molecule has 2 bridgehead atoms. The van der Waals surface area contributed by atoms with Crippen LogP contribution in [0.5, 0.6) is 0 Å². The Hall–Kier alpha value is -1.43. The lowest BCUT2D eigenvalue weighted by Crippen LogP contribution is -2.38. The lowest BCUT2D eigenvalue weighted by Gasteiger charge is -2.37. The van der Waals surface area contributed by atoms with Gasteiger partial charge in [-0.15, -0.1) is 0 Å². The fraction of sp³-hybridized carbons (Fsp3) is 0.875. The number of carbonyl (C=O) groups excluding carboxylic acids is 3. The van der Waals surface area contributed by atoms with E-state index in [1.165, 1.54) is 0 Å². The van der Waals surface area contributed by atoms with Crippen molar-refractivity contribution in [1.29, 1.82) is 0 Å². The van der Waals surface area contributed by atoms with Gasteiger partial charge in [-0.1, -0.05) is 13.3 Å². The summed E-state index contributed by atoms with van der Waals surface area (Å²) in [5.41, 5.74) is -1.20. The molecule has 1 N–H and O–H groups in total. The molecule has 1 aliphatic heterocycles. The first-order valence-electron chi connectivity index (χ1n) is 11.5. The molecule has 0 aromatic carbocycles. The summed E-state index contributed by atoms with van der Waals surface area (Å²) in [4.78, 5) is 37.7. The van der Waals surface area contributed by atoms with Crippen molar-refractivity contribution in [1.82, 2.24) is 0 Å². The number of rotatable bonds is 7. The zero-order valence-electron chi connectivity index (χ0n) is 19.3. The van der Waals surface area contributed by atoms with E-state index in [2.05, 4.69) is 6.92 Å². The molecule has 0 radical (unpaired) electrons. The van der Waals surface area contributed by atoms with Crippen LogP contribution in [0, 0.1) is 46.8 Å². The first-order valence-corrected chi connectivity index (χ1v) is 11.5. The quantitative estimate of drug-likeness (QED) is 0.496. The van der Waals surface area contributed by atoms with Gasteiger partial charge in [-0.25, -0.2) is 0 Å². The van der Waals surface area contributed by atoms with Crippen LogP contribution in [0.15, 0.2) is 0 Å². The molecule has 3 fully saturated rings. The van der Waals surface area contributed by atoms with Crippen molar-refractivity contribution in [3.63, 3.8) is 0 Å². The number of esters is 3. The van der Waals surface area contributed by atoms with Crippen LogP contribution in [-0.4, -0.2) is 35.2 Å². The van der Waals surface area contributed by atoms with Crippen LogP contribution in [0.1, 0.15) is 73.6 Å². The second-order valence-electron chi connectivity index (χ2n) is 11.4. The smallest absolute Gasteiger partial charge is 0.317 e. The highest BCUT2D eigenvalue weighted by atomic mass is 16.6. The third-order valence-electron chi connectivity index (χ3n) is 7.76. The highest BCUT2D eigenvalue weighted by Gasteiger charge is 2.59. The van der Waals surface area contributed by atoms with Crippen LogP contribution >= 0.6 is 0 Å². The number of aliphatic hydroxyl groups excluding tert-OH is 1. The molecule has 6 heteroatoms. The van der Waals surface area contributed by atoms with Crippen LogP contribution in [-0.2, 0) is 23.9 Å². The minimum absolute atomic E-state index is 0.101. The average Bonchev–Trinajstić information content (AvgIpc) is 3.25. The van der Waals surface area contributed by atoms with E-state index in [9.17, 15) is 19.5 Å². The molecule has 3 rings (SSSR count). The molecule has 7 unspecified atom stereocenters. The minimum atomic E-state index is -0.656. The van der Waals surface area contributed by atoms with E-state index >= 15 is 0 Å². The van der Waals surface area contributed by atoms with Gasteiger partial charge in [-0.2, -0.15) is 0 Å². The second kappa shape index (κ2) is 8.25. The maximum absolute atomic E-state index is 12.6. The zero-order valence-corrected chi connectivity index (χ0v) is 19.3. The fourth-order valence-corrected chi connectivity index (χ4v) is 6.17. The maximum atomic E-state index is 12.6. The van der Waals surface area contributed by atoms with Crippen LogP contribution < -0.4 is 0 Å². The van der Waals surface area contributed by atoms with E-state index < -0.39 is 34.8 Å². The Morgan fingerprint density at radius 1 is 1.13 bits per heavy atom. The SMILES string of the molecule is CC1C2CC(CO)C(C2)C1C1C(=O)OC(=O)C1CCCC(C)(C)C(=O)OC(C)(C)C. The van der Waals surface area contributed by atoms with Crippen LogP contribution in [0.2, 0.25) is 0 Å². The monoisotopic (exact) mass is 422 g/mol. The standard InChI is InChI=1S/C24H38O6/c1-13-14-10-15(12-25)17(11-14)18(13)19-16(20(26)29-21(19)27)8-7-9-24(5,6)22(28)30-23(2,3)4/h13-19,25H,7-12H2,1-6H3. The van der Waals surface area contributed by atoms with Gasteiger partial charge < -0.3 is 14.6 Å². The van der Waals surface area contributed by atoms with Crippen molar-refractivity contribution in [2.24, 2.45) is 46.8 Å². The Morgan fingerprint density at radius 3 is 2.37 bits per heavy atom. The van der Waals surface area contributed by atoms with E-state index in [-0.39, 0.29) is 24.4 Å². The molecule has 1 heterocycles. The average molecular weight is 423 g/mol. The molecule has 0 aromatic heterocycles. The summed E-state index contributed by atoms with van der Waals surface area (Å²) in [6.07, 6.45) is 3.81. The predicted molar refractivity (Wildman–Crippen MR) is 111 cm³/mol. The summed E-state index contributed by atoms with van der Waals surface area (Å²) in [5.74, 6) is -0.416. The van der Waals surface area contributed by atoms with Gasteiger partial charge in [-0.05, 0) is 89.9 Å². The first-order chi connectivity index (χ1) is 13.9. The first kappa shape index (κ1) is 23.2. The lowest BCUT2D eigenvalue weighted by molar-refractivity contribution is -0.166. The Bertz CT molecular complexity index is 690. The second-order valence-corrected chi connectivity index (χ2v) is 11.4. The number of ether oxygens (including phenoxy) is 2. The number of cyclic esters (lactones) is 2. The van der Waals surface area contributed by atoms with Gasteiger partial charge in [0.1, 0.15) is 5.60 Å². The number of hydrogen-bond donors (Lipinski definition) is 1. The van der Waals surface area contributed by atoms with Crippen molar-refractivity contribution < 1.29 is 29.0 Å². The van der Waals surface area contributed by atoms with E-state index in [1.807, 2.05) is 34.6 Å². The van der Waals surface area contributed by atoms with Gasteiger partial charge in [-0.3, -0.25) is 14.4 Å². The molecule has 0 aromatic rings. The zero-order chi connectivity index (χ0) is 22.4. The molecule has 7 atom stereocenters. The van der Waals surface area contributed by atoms with E-state index in [0.717, 1.165) is 12.8 Å². The van der Waals surface area contributed by atoms with E-state index in [4.69, 9.17) is 9.47 Å². The minimum Gasteiger partial charge on any atom is -0.460 e. The molecule has 0 amide bonds. The largest absolute Gasteiger partial charge is 0.460 e. The normalized spacial score (nSPS) is 36.3. The Balaban J connectivity index is 1.65. The molecule has 170 valence electrons. The number of fused-ring (bicyclic) bond motifs is 2. The van der Waals surface area contributed by atoms with Crippen LogP contribution in [0.25, 0.3) is 0 Å². The van der Waals surface area contributed by atoms with Crippen LogP contribution in [0.4, 0.5) is 0 Å². The lowest BCUT2D eigenvalue weighted by atomic mass is 9.65. The van der Waals surface area contributed by atoms with Crippen LogP contribution in [0.3, 0.4) is 0 Å². The highest BCUT2D eigenvalue weighted by molar-refractivity contribution is 5.96. The third kappa shape index (κ3) is 4.44. The molecule has 3 aliphatic rings. The molecule has 2 aliphatic carbocycles. The number of aliphatic hydroxyl groups is 1. The summed E-state index contributed by atoms with van der Waals surface area (Å²) in [7, 11) is 0. The van der Waals surface area contributed by atoms with Gasteiger partial charge in [0.05, 0.1) is 17.3 Å². The summed E-state index contributed by atoms with van der Waals surface area (Å²) < 4.78 is 10.6. The van der Waals surface area contributed by atoms with Crippen molar-refractivity contribution in [3.05, 3.63) is 0 Å². The van der Waals surface area contributed by atoms with Crippen molar-refractivity contribution in [3.8, 4) is 0 Å². The summed E-state index contributed by atoms with van der Waals surface area (Å²) in [6, 6.07) is 0. The van der Waals surface area contributed by atoms with Gasteiger partial charge in [0.2, 0.25) is 0 Å². The van der Waals surface area contributed by atoms with Gasteiger partial charge in [0, 0.05) is 6.61 Å². The molecule has 6 nitrogen and oxygen atoms in total. The molecular weight excluding hydrogens is 384 g/mol. The van der Waals surface area contributed by atoms with Crippen molar-refractivity contribution in [2.45, 2.75) is 79.2 Å². The number of carbonyl (C=O) groups is 3. The maximum Gasteiger partial charge on any atom is 0.317 e. The fourth-order valence-electron chi connectivity index (χ4n) is 6.17. The van der Waals surface area contributed by atoms with Gasteiger partial charge in [0.15, 0.2) is 0 Å². The topological polar surface area (TPSA) is 89.9 Å². The van der Waals surface area contributed by atoms with Gasteiger partial charge >= 0.3 is 17.9 Å². The summed E-state index contributed by atoms with van der Waals surface area (Å²) in [6.45, 7) is 11.6. The van der Waals surface area contributed by atoms with E-state index in [0.29, 0.717) is 37.0 Å². The molecule has 2 saturated carbocycles. The van der Waals surface area contributed by atoms with Crippen molar-refractivity contribution in [2.75, 3.05) is 6.61 Å². The predicted octanol–water partition coefficient (Wildman–Crippen LogP) is 3.74. The molecule has 0 spiro atoms. The summed E-state index contributed by atoms with van der Waals surface area (Å²) >= 11 is 0. The molecule has 1 saturated heterocycles. The summed E-state index contributed by atoms with van der Waals surface area (Å²) in [5, 5.41) is 9.76. The Kier molecular flexibility index (Phi) is 6.39. The Labute approximate surface area is 180 Å². The molecular formula is C24H38O6. The highest BCUT2D eigenvalue weighted by Crippen LogP contribution is 2.59. The number of hydrogen-bond acceptors (Lipinski definition) is 6. The Morgan fingerprint density at radius 2 is 1.80 bits per heavy atom.